The summed E-state index contributed by atoms with van der Waals surface area (Å²) in [5.74, 6) is -0.291. The number of carbonyl (C=O) groups is 1. The molecule has 1 rings (SSSR count). The van der Waals surface area contributed by atoms with E-state index in [0.29, 0.717) is 10.8 Å². The van der Waals surface area contributed by atoms with E-state index in [9.17, 15) is 9.36 Å². The van der Waals surface area contributed by atoms with Crippen molar-refractivity contribution in [1.29, 1.82) is 0 Å². The highest BCUT2D eigenvalue weighted by Crippen LogP contribution is 2.49. The second-order valence-electron chi connectivity index (χ2n) is 4.18. The molecular weight excluding hydrogens is 345 g/mol. The van der Waals surface area contributed by atoms with Crippen LogP contribution in [-0.4, -0.2) is 31.2 Å². The Morgan fingerprint density at radius 2 is 1.74 bits per heavy atom. The fourth-order valence-corrected chi connectivity index (χ4v) is 2.83. The molecule has 0 bridgehead atoms. The van der Waals surface area contributed by atoms with Crippen LogP contribution in [0.4, 0.5) is 0 Å². The van der Waals surface area contributed by atoms with Gasteiger partial charge in [0.1, 0.15) is 5.75 Å². The van der Waals surface area contributed by atoms with Gasteiger partial charge in [-0.15, -0.1) is 0 Å². The normalized spacial score (nSPS) is 12.1. The summed E-state index contributed by atoms with van der Waals surface area (Å²) in [4.78, 5) is 16.2. The van der Waals surface area contributed by atoms with Gasteiger partial charge in [-0.1, -0.05) is 16.8 Å². The van der Waals surface area contributed by atoms with Crippen LogP contribution in [0.2, 0.25) is 5.02 Å². The summed E-state index contributed by atoms with van der Waals surface area (Å²) in [7, 11) is -3.53. The molecule has 0 unspecified atom stereocenters. The molecule has 0 heterocycles. The smallest absolute Gasteiger partial charge is 0.378 e. The zero-order valence-corrected chi connectivity index (χ0v) is 14.8. The summed E-state index contributed by atoms with van der Waals surface area (Å²) < 4.78 is 27.7. The van der Waals surface area contributed by atoms with Crippen molar-refractivity contribution in [3.63, 3.8) is 0 Å². The van der Waals surface area contributed by atoms with Crippen molar-refractivity contribution >= 4 is 30.6 Å². The number of benzene rings is 1. The van der Waals surface area contributed by atoms with E-state index in [1.807, 2.05) is 0 Å². The van der Waals surface area contributed by atoms with E-state index in [2.05, 4.69) is 9.99 Å². The molecule has 1 aromatic carbocycles. The van der Waals surface area contributed by atoms with Gasteiger partial charge in [-0.25, -0.2) is 4.79 Å². The van der Waals surface area contributed by atoms with Gasteiger partial charge in [0.25, 0.3) is 0 Å². The lowest BCUT2D eigenvalue weighted by atomic mass is 10.3. The van der Waals surface area contributed by atoms with E-state index < -0.39 is 13.6 Å². The summed E-state index contributed by atoms with van der Waals surface area (Å²) in [6.45, 7) is 4.75. The third-order valence-electron chi connectivity index (χ3n) is 2.44. The third-order valence-corrected chi connectivity index (χ3v) is 4.77. The Balaban J connectivity index is 2.55. The van der Waals surface area contributed by atoms with Crippen molar-refractivity contribution in [3.8, 4) is 5.75 Å². The molecule has 0 aliphatic carbocycles. The summed E-state index contributed by atoms with van der Waals surface area (Å²) in [6.07, 6.45) is 0. The maximum Gasteiger partial charge on any atom is 0.378 e. The zero-order chi connectivity index (χ0) is 17.3. The molecular formula is C14H19ClNO6P. The van der Waals surface area contributed by atoms with Crippen LogP contribution in [0.3, 0.4) is 0 Å². The molecule has 0 saturated heterocycles. The van der Waals surface area contributed by atoms with Crippen molar-refractivity contribution in [3.05, 3.63) is 29.3 Å². The number of hydrogen-bond donors (Lipinski definition) is 0. The van der Waals surface area contributed by atoms with Gasteiger partial charge in [-0.2, -0.15) is 0 Å². The summed E-state index contributed by atoms with van der Waals surface area (Å²) >= 11 is 5.74. The van der Waals surface area contributed by atoms with Gasteiger partial charge in [-0.3, -0.25) is 4.57 Å². The lowest BCUT2D eigenvalue weighted by Gasteiger charge is -2.15. The average Bonchev–Trinajstić information content (AvgIpc) is 2.52. The van der Waals surface area contributed by atoms with Crippen LogP contribution in [0.1, 0.15) is 20.8 Å². The monoisotopic (exact) mass is 363 g/mol. The fraction of sp³-hybridized carbons (Fsp3) is 0.429. The van der Waals surface area contributed by atoms with Crippen LogP contribution >= 0.6 is 19.2 Å². The number of carbonyl (C=O) groups excluding carboxylic acids is 1. The summed E-state index contributed by atoms with van der Waals surface area (Å²) in [5, 5.41) is 4.07. The first-order chi connectivity index (χ1) is 10.9. The van der Waals surface area contributed by atoms with Gasteiger partial charge >= 0.3 is 13.6 Å². The molecule has 0 N–H and O–H groups in total. The highest BCUT2D eigenvalue weighted by Gasteiger charge is 2.29. The van der Waals surface area contributed by atoms with E-state index >= 15 is 0 Å². The quantitative estimate of drug-likeness (QED) is 0.287. The van der Waals surface area contributed by atoms with Crippen LogP contribution in [0.15, 0.2) is 29.4 Å². The zero-order valence-electron chi connectivity index (χ0n) is 13.2. The van der Waals surface area contributed by atoms with E-state index in [1.54, 1.807) is 38.1 Å². The van der Waals surface area contributed by atoms with E-state index in [4.69, 9.17) is 25.4 Å². The van der Waals surface area contributed by atoms with Crippen LogP contribution in [-0.2, 0) is 23.2 Å². The number of hydrogen-bond acceptors (Lipinski definition) is 7. The highest BCUT2D eigenvalue weighted by molar-refractivity contribution is 7.72. The molecule has 0 aliphatic heterocycles. The first kappa shape index (κ1) is 19.6. The number of nitrogens with zero attached hydrogens (tertiary/aromatic N) is 1. The third kappa shape index (κ3) is 6.71. The fourth-order valence-electron chi connectivity index (χ4n) is 1.43. The molecule has 0 aromatic heterocycles. The first-order valence-corrected chi connectivity index (χ1v) is 8.85. The Kier molecular flexibility index (Phi) is 8.26. The van der Waals surface area contributed by atoms with Gasteiger partial charge in [0.2, 0.25) is 0 Å². The van der Waals surface area contributed by atoms with Crippen molar-refractivity contribution in [2.45, 2.75) is 20.8 Å². The molecule has 0 fully saturated rings. The van der Waals surface area contributed by atoms with Gasteiger partial charge in [0.05, 0.1) is 13.2 Å². The SMILES string of the molecule is CCOP(=O)(OCC)C(C)=NOC(=O)COc1ccc(Cl)cc1. The Bertz CT molecular complexity index is 579. The van der Waals surface area contributed by atoms with E-state index in [-0.39, 0.29) is 25.3 Å². The molecule has 1 aromatic rings. The van der Waals surface area contributed by atoms with E-state index in [0.717, 1.165) is 0 Å². The van der Waals surface area contributed by atoms with Crippen molar-refractivity contribution < 1.29 is 28.0 Å². The van der Waals surface area contributed by atoms with Crippen molar-refractivity contribution in [2.24, 2.45) is 5.16 Å². The topological polar surface area (TPSA) is 83.4 Å². The molecule has 9 heteroatoms. The number of oxime groups is 1. The Morgan fingerprint density at radius 3 is 2.26 bits per heavy atom. The standard InChI is InChI=1S/C14H19ClNO6P/c1-4-20-23(18,21-5-2)11(3)16-22-14(17)10-19-13-8-6-12(15)7-9-13/h6-9H,4-5,10H2,1-3H3. The minimum absolute atomic E-state index is 0.0407. The lowest BCUT2D eigenvalue weighted by molar-refractivity contribution is -0.146. The first-order valence-electron chi connectivity index (χ1n) is 6.93. The molecule has 0 amide bonds. The van der Waals surface area contributed by atoms with Gasteiger partial charge in [0, 0.05) is 5.02 Å². The summed E-state index contributed by atoms with van der Waals surface area (Å²) in [5.41, 5.74) is -0.0407. The number of halogens is 1. The van der Waals surface area contributed by atoms with Gasteiger partial charge < -0.3 is 18.6 Å². The average molecular weight is 364 g/mol. The second kappa shape index (κ2) is 9.67. The maximum absolute atomic E-state index is 12.3. The molecule has 0 radical (unpaired) electrons. The molecule has 0 aliphatic rings. The van der Waals surface area contributed by atoms with Crippen LogP contribution in [0.25, 0.3) is 0 Å². The van der Waals surface area contributed by atoms with Gasteiger partial charge in [0.15, 0.2) is 12.1 Å². The second-order valence-corrected chi connectivity index (χ2v) is 6.77. The molecule has 23 heavy (non-hydrogen) atoms. The van der Waals surface area contributed by atoms with Crippen LogP contribution in [0.5, 0.6) is 5.75 Å². The highest BCUT2D eigenvalue weighted by atomic mass is 35.5. The molecule has 0 spiro atoms. The Morgan fingerprint density at radius 1 is 1.17 bits per heavy atom. The lowest BCUT2D eigenvalue weighted by Crippen LogP contribution is -2.13. The molecule has 0 atom stereocenters. The van der Waals surface area contributed by atoms with Gasteiger partial charge in [-0.05, 0) is 45.0 Å². The summed E-state index contributed by atoms with van der Waals surface area (Å²) in [6, 6.07) is 6.49. The van der Waals surface area contributed by atoms with Crippen molar-refractivity contribution in [2.75, 3.05) is 19.8 Å². The van der Waals surface area contributed by atoms with Crippen molar-refractivity contribution in [1.82, 2.24) is 0 Å². The minimum atomic E-state index is -3.53. The van der Waals surface area contributed by atoms with Crippen LogP contribution < -0.4 is 4.74 Å². The Hall–Kier alpha value is -1.40. The predicted molar refractivity (Wildman–Crippen MR) is 87.0 cm³/mol. The molecule has 7 nitrogen and oxygen atoms in total. The van der Waals surface area contributed by atoms with Crippen LogP contribution in [0, 0.1) is 0 Å². The number of rotatable bonds is 9. The predicted octanol–water partition coefficient (Wildman–Crippen LogP) is 3.86. The molecule has 128 valence electrons. The maximum atomic E-state index is 12.3. The molecule has 0 saturated carbocycles. The minimum Gasteiger partial charge on any atom is -0.482 e. The number of ether oxygens (including phenoxy) is 1. The largest absolute Gasteiger partial charge is 0.482 e. The Labute approximate surface area is 140 Å². The van der Waals surface area contributed by atoms with E-state index in [1.165, 1.54) is 6.92 Å².